The molecule has 2 heteroatoms. The van der Waals surface area contributed by atoms with E-state index >= 15 is 0 Å². The van der Waals surface area contributed by atoms with Crippen molar-refractivity contribution in [2.75, 3.05) is 26.3 Å². The molecule has 0 aromatic heterocycles. The largest absolute Gasteiger partial charge is 0.381 e. The molecule has 1 rings (SSSR count). The lowest BCUT2D eigenvalue weighted by atomic mass is 9.93. The van der Waals surface area contributed by atoms with Gasteiger partial charge in [0.2, 0.25) is 0 Å². The summed E-state index contributed by atoms with van der Waals surface area (Å²) in [6.45, 7) is 11.1. The van der Waals surface area contributed by atoms with E-state index in [-0.39, 0.29) is 0 Å². The van der Waals surface area contributed by atoms with E-state index in [0.717, 1.165) is 19.1 Å². The van der Waals surface area contributed by atoms with E-state index in [2.05, 4.69) is 26.1 Å². The Morgan fingerprint density at radius 1 is 1.13 bits per heavy atom. The average Bonchev–Trinajstić information content (AvgIpc) is 2.17. The molecule has 0 amide bonds. The van der Waals surface area contributed by atoms with Gasteiger partial charge in [-0.15, -0.1) is 0 Å². The smallest absolute Gasteiger partial charge is 0.0471 e. The first-order chi connectivity index (χ1) is 7.08. The average molecular weight is 213 g/mol. The first kappa shape index (κ1) is 13.0. The van der Waals surface area contributed by atoms with Crippen LogP contribution in [0.3, 0.4) is 0 Å². The summed E-state index contributed by atoms with van der Waals surface area (Å²) in [5, 5.41) is 3.40. The third-order valence-corrected chi connectivity index (χ3v) is 3.13. The third-order valence-electron chi connectivity index (χ3n) is 3.13. The molecule has 1 fully saturated rings. The number of rotatable bonds is 5. The fraction of sp³-hybridized carbons (Fsp3) is 1.00. The maximum absolute atomic E-state index is 5.69. The Hall–Kier alpha value is -0.0800. The number of hydrogen-bond donors (Lipinski definition) is 1. The highest BCUT2D eigenvalue weighted by atomic mass is 16.5. The van der Waals surface area contributed by atoms with Crippen molar-refractivity contribution in [2.24, 2.45) is 11.3 Å². The van der Waals surface area contributed by atoms with Crippen LogP contribution in [0.4, 0.5) is 0 Å². The summed E-state index contributed by atoms with van der Waals surface area (Å²) in [4.78, 5) is 0. The maximum Gasteiger partial charge on any atom is 0.0471 e. The summed E-state index contributed by atoms with van der Waals surface area (Å²) in [6.07, 6.45) is 5.09. The molecule has 0 aromatic carbocycles. The molecule has 0 atom stereocenters. The Morgan fingerprint density at radius 2 is 1.80 bits per heavy atom. The highest BCUT2D eigenvalue weighted by molar-refractivity contribution is 4.68. The van der Waals surface area contributed by atoms with E-state index in [1.165, 1.54) is 38.8 Å². The monoisotopic (exact) mass is 213 g/mol. The predicted molar refractivity (Wildman–Crippen MR) is 65.1 cm³/mol. The Bertz CT molecular complexity index is 156. The summed E-state index contributed by atoms with van der Waals surface area (Å²) in [7, 11) is 0. The Labute approximate surface area is 94.8 Å². The van der Waals surface area contributed by atoms with Crippen molar-refractivity contribution in [2.45, 2.75) is 46.5 Å². The molecule has 0 unspecified atom stereocenters. The van der Waals surface area contributed by atoms with Gasteiger partial charge in [-0.25, -0.2) is 0 Å². The van der Waals surface area contributed by atoms with Crippen LogP contribution in [-0.4, -0.2) is 26.3 Å². The van der Waals surface area contributed by atoms with Crippen molar-refractivity contribution in [3.8, 4) is 0 Å². The number of hydrogen-bond acceptors (Lipinski definition) is 2. The van der Waals surface area contributed by atoms with Crippen molar-refractivity contribution < 1.29 is 4.74 Å². The van der Waals surface area contributed by atoms with Crippen molar-refractivity contribution >= 4 is 0 Å². The van der Waals surface area contributed by atoms with Gasteiger partial charge in [0.1, 0.15) is 0 Å². The van der Waals surface area contributed by atoms with E-state index in [0.29, 0.717) is 5.41 Å². The summed E-state index contributed by atoms with van der Waals surface area (Å²) >= 11 is 0. The fourth-order valence-electron chi connectivity index (χ4n) is 1.90. The third kappa shape index (κ3) is 6.91. The second-order valence-electron chi connectivity index (χ2n) is 5.91. The van der Waals surface area contributed by atoms with Gasteiger partial charge in [0.15, 0.2) is 0 Å². The first-order valence-corrected chi connectivity index (χ1v) is 6.36. The lowest BCUT2D eigenvalue weighted by Gasteiger charge is -2.23. The molecule has 1 aliphatic heterocycles. The minimum absolute atomic E-state index is 0.411. The second kappa shape index (κ2) is 6.49. The Morgan fingerprint density at radius 3 is 2.40 bits per heavy atom. The van der Waals surface area contributed by atoms with Gasteiger partial charge < -0.3 is 10.1 Å². The molecular formula is C13H27NO. The molecule has 90 valence electrons. The summed E-state index contributed by atoms with van der Waals surface area (Å²) in [6, 6.07) is 0. The van der Waals surface area contributed by atoms with Gasteiger partial charge in [-0.2, -0.15) is 0 Å². The molecule has 1 N–H and O–H groups in total. The lowest BCUT2D eigenvalue weighted by Crippen LogP contribution is -2.28. The molecule has 1 saturated heterocycles. The topological polar surface area (TPSA) is 21.3 Å². The van der Waals surface area contributed by atoms with E-state index in [9.17, 15) is 0 Å². The molecule has 0 aliphatic carbocycles. The second-order valence-corrected chi connectivity index (χ2v) is 5.91. The van der Waals surface area contributed by atoms with Gasteiger partial charge in [0, 0.05) is 13.2 Å². The summed E-state index contributed by atoms with van der Waals surface area (Å²) in [5.41, 5.74) is 0.411. The maximum atomic E-state index is 5.69. The molecule has 15 heavy (non-hydrogen) atoms. The lowest BCUT2D eigenvalue weighted by molar-refractivity contribution is 0.0935. The van der Waals surface area contributed by atoms with Crippen molar-refractivity contribution in [1.82, 2.24) is 5.32 Å². The minimum atomic E-state index is 0.411. The number of ether oxygens (including phenoxy) is 1. The van der Waals surface area contributed by atoms with E-state index in [1.54, 1.807) is 0 Å². The van der Waals surface area contributed by atoms with Crippen LogP contribution in [0, 0.1) is 11.3 Å². The minimum Gasteiger partial charge on any atom is -0.381 e. The van der Waals surface area contributed by atoms with Crippen LogP contribution in [0.25, 0.3) is 0 Å². The number of piperidine rings is 1. The van der Waals surface area contributed by atoms with Crippen LogP contribution in [0.15, 0.2) is 0 Å². The van der Waals surface area contributed by atoms with Gasteiger partial charge in [0.05, 0.1) is 0 Å². The van der Waals surface area contributed by atoms with Crippen molar-refractivity contribution in [3.63, 3.8) is 0 Å². The van der Waals surface area contributed by atoms with Crippen LogP contribution >= 0.6 is 0 Å². The summed E-state index contributed by atoms with van der Waals surface area (Å²) in [5.74, 6) is 0.904. The van der Waals surface area contributed by atoms with Crippen LogP contribution in [0.5, 0.6) is 0 Å². The molecule has 2 nitrogen and oxygen atoms in total. The van der Waals surface area contributed by atoms with Crippen LogP contribution in [0.1, 0.15) is 46.5 Å². The molecule has 1 heterocycles. The normalized spacial score (nSPS) is 19.4. The molecule has 0 spiro atoms. The van der Waals surface area contributed by atoms with Gasteiger partial charge in [-0.3, -0.25) is 0 Å². The van der Waals surface area contributed by atoms with Crippen LogP contribution in [0.2, 0.25) is 0 Å². The van der Waals surface area contributed by atoms with Gasteiger partial charge >= 0.3 is 0 Å². The molecule has 0 saturated carbocycles. The molecular weight excluding hydrogens is 186 g/mol. The van der Waals surface area contributed by atoms with Crippen molar-refractivity contribution in [1.29, 1.82) is 0 Å². The number of nitrogens with one attached hydrogen (secondary N) is 1. The van der Waals surface area contributed by atoms with E-state index < -0.39 is 0 Å². The first-order valence-electron chi connectivity index (χ1n) is 6.36. The Balaban J connectivity index is 1.92. The van der Waals surface area contributed by atoms with E-state index in [1.807, 2.05) is 0 Å². The predicted octanol–water partition coefficient (Wildman–Crippen LogP) is 2.83. The van der Waals surface area contributed by atoms with Crippen LogP contribution < -0.4 is 5.32 Å². The zero-order chi connectivity index (χ0) is 11.1. The molecule has 0 aromatic rings. The zero-order valence-corrected chi connectivity index (χ0v) is 10.6. The van der Waals surface area contributed by atoms with Gasteiger partial charge in [-0.05, 0) is 50.1 Å². The summed E-state index contributed by atoms with van der Waals surface area (Å²) < 4.78 is 5.69. The molecule has 0 radical (unpaired) electrons. The quantitative estimate of drug-likeness (QED) is 0.709. The van der Waals surface area contributed by atoms with Crippen molar-refractivity contribution in [3.05, 3.63) is 0 Å². The molecule has 1 aliphatic rings. The van der Waals surface area contributed by atoms with Crippen LogP contribution in [-0.2, 0) is 4.74 Å². The standard InChI is InChI=1S/C13H27NO/c1-13(2,3)7-11-15-10-6-12-4-8-14-9-5-12/h12,14H,4-11H2,1-3H3. The zero-order valence-electron chi connectivity index (χ0n) is 10.6. The van der Waals surface area contributed by atoms with Gasteiger partial charge in [0.25, 0.3) is 0 Å². The highest BCUT2D eigenvalue weighted by Gasteiger charge is 2.13. The highest BCUT2D eigenvalue weighted by Crippen LogP contribution is 2.19. The Kier molecular flexibility index (Phi) is 5.62. The fourth-order valence-corrected chi connectivity index (χ4v) is 1.90. The van der Waals surface area contributed by atoms with E-state index in [4.69, 9.17) is 4.74 Å². The molecule has 0 bridgehead atoms. The SMILES string of the molecule is CC(C)(C)CCOCCC1CCNCC1. The van der Waals surface area contributed by atoms with Gasteiger partial charge in [-0.1, -0.05) is 20.8 Å².